The molecule has 26 heavy (non-hydrogen) atoms. The third kappa shape index (κ3) is 5.45. The highest BCUT2D eigenvalue weighted by Gasteiger charge is 2.20. The summed E-state index contributed by atoms with van der Waals surface area (Å²) in [5, 5.41) is 3.09. The minimum atomic E-state index is -3.51. The van der Waals surface area contributed by atoms with Crippen LogP contribution in [0.3, 0.4) is 0 Å². The molecule has 2 rings (SSSR count). The van der Waals surface area contributed by atoms with Gasteiger partial charge in [0.25, 0.3) is 5.91 Å². The largest absolute Gasteiger partial charge is 0.355 e. The van der Waals surface area contributed by atoms with Crippen LogP contribution in [0.4, 0.5) is 0 Å². The summed E-state index contributed by atoms with van der Waals surface area (Å²) in [6, 6.07) is 11.7. The molecule has 0 saturated heterocycles. The smallest absolute Gasteiger partial charge is 0.251 e. The van der Waals surface area contributed by atoms with Crippen LogP contribution in [0.1, 0.15) is 15.9 Å². The molecule has 0 spiro atoms. The van der Waals surface area contributed by atoms with Gasteiger partial charge in [-0.05, 0) is 30.3 Å². The van der Waals surface area contributed by atoms with Crippen LogP contribution in [0, 0.1) is 0 Å². The summed E-state index contributed by atoms with van der Waals surface area (Å²) in [7, 11) is -0.00977. The van der Waals surface area contributed by atoms with Gasteiger partial charge in [-0.15, -0.1) is 0 Å². The SMILES string of the molecule is CNC(=O)c1ccc(C[NH+](C)CCS(=O)(=O)c2cc(Cl)ccc2Cl)cc1. The van der Waals surface area contributed by atoms with Crippen LogP contribution in [0.2, 0.25) is 10.0 Å². The lowest BCUT2D eigenvalue weighted by Crippen LogP contribution is -3.08. The summed E-state index contributed by atoms with van der Waals surface area (Å²) in [4.78, 5) is 12.6. The van der Waals surface area contributed by atoms with Gasteiger partial charge in [0.1, 0.15) is 12.3 Å². The van der Waals surface area contributed by atoms with Crippen LogP contribution >= 0.6 is 23.2 Å². The Balaban J connectivity index is 1.98. The van der Waals surface area contributed by atoms with Crippen molar-refractivity contribution in [2.24, 2.45) is 0 Å². The molecule has 1 amide bonds. The van der Waals surface area contributed by atoms with Crippen molar-refractivity contribution in [3.8, 4) is 0 Å². The first kappa shape index (κ1) is 20.7. The number of carbonyl (C=O) groups is 1. The van der Waals surface area contributed by atoms with E-state index in [1.54, 1.807) is 25.2 Å². The van der Waals surface area contributed by atoms with E-state index in [9.17, 15) is 13.2 Å². The second kappa shape index (κ2) is 8.86. The van der Waals surface area contributed by atoms with Crippen molar-refractivity contribution in [2.75, 3.05) is 26.4 Å². The Hall–Kier alpha value is -1.60. The van der Waals surface area contributed by atoms with Crippen molar-refractivity contribution >= 4 is 38.9 Å². The topological polar surface area (TPSA) is 67.7 Å². The number of halogens is 2. The summed E-state index contributed by atoms with van der Waals surface area (Å²) in [5.74, 6) is -0.170. The number of hydrogen-bond donors (Lipinski definition) is 2. The zero-order valence-corrected chi connectivity index (χ0v) is 16.9. The third-order valence-electron chi connectivity index (χ3n) is 3.97. The molecule has 0 aromatic heterocycles. The average molecular weight is 416 g/mol. The lowest BCUT2D eigenvalue weighted by molar-refractivity contribution is -0.891. The molecule has 0 bridgehead atoms. The van der Waals surface area contributed by atoms with E-state index in [4.69, 9.17) is 23.2 Å². The number of nitrogens with one attached hydrogen (secondary N) is 2. The molecule has 2 aromatic rings. The molecule has 0 aliphatic rings. The molecule has 1 unspecified atom stereocenters. The minimum absolute atomic E-state index is 0.0325. The van der Waals surface area contributed by atoms with E-state index in [1.165, 1.54) is 12.1 Å². The molecule has 0 fully saturated rings. The molecular weight excluding hydrogens is 395 g/mol. The Morgan fingerprint density at radius 2 is 1.77 bits per heavy atom. The molecule has 2 N–H and O–H groups in total. The molecule has 0 aliphatic heterocycles. The van der Waals surface area contributed by atoms with Crippen LogP contribution < -0.4 is 10.2 Å². The summed E-state index contributed by atoms with van der Waals surface area (Å²) >= 11 is 11.9. The van der Waals surface area contributed by atoms with E-state index in [-0.39, 0.29) is 21.6 Å². The van der Waals surface area contributed by atoms with Gasteiger partial charge in [0.05, 0.1) is 23.5 Å². The first-order valence-corrected chi connectivity index (χ1v) is 10.4. The van der Waals surface area contributed by atoms with Crippen molar-refractivity contribution < 1.29 is 18.1 Å². The molecule has 8 heteroatoms. The third-order valence-corrected chi connectivity index (χ3v) is 6.40. The first-order chi connectivity index (χ1) is 12.2. The van der Waals surface area contributed by atoms with E-state index in [0.717, 1.165) is 10.5 Å². The Morgan fingerprint density at radius 1 is 1.12 bits per heavy atom. The second-order valence-electron chi connectivity index (χ2n) is 6.05. The fourth-order valence-electron chi connectivity index (χ4n) is 2.49. The number of carbonyl (C=O) groups excluding carboxylic acids is 1. The van der Waals surface area contributed by atoms with Crippen LogP contribution in [0.5, 0.6) is 0 Å². The normalized spacial score (nSPS) is 12.6. The van der Waals surface area contributed by atoms with Gasteiger partial charge < -0.3 is 10.2 Å². The number of benzene rings is 2. The number of rotatable bonds is 7. The minimum Gasteiger partial charge on any atom is -0.355 e. The summed E-state index contributed by atoms with van der Waals surface area (Å²) in [6.45, 7) is 1.06. The molecule has 1 atom stereocenters. The van der Waals surface area contributed by atoms with Gasteiger partial charge in [-0.25, -0.2) is 8.42 Å². The zero-order chi connectivity index (χ0) is 19.3. The Labute approximate surface area is 163 Å². The second-order valence-corrected chi connectivity index (χ2v) is 8.97. The molecule has 2 aromatic carbocycles. The van der Waals surface area contributed by atoms with Crippen molar-refractivity contribution in [1.82, 2.24) is 5.32 Å². The lowest BCUT2D eigenvalue weighted by Gasteiger charge is -2.15. The van der Waals surface area contributed by atoms with Gasteiger partial charge in [0, 0.05) is 23.2 Å². The van der Waals surface area contributed by atoms with E-state index in [2.05, 4.69) is 5.32 Å². The highest BCUT2D eigenvalue weighted by Crippen LogP contribution is 2.25. The zero-order valence-electron chi connectivity index (χ0n) is 14.6. The van der Waals surface area contributed by atoms with E-state index in [0.29, 0.717) is 23.7 Å². The Morgan fingerprint density at radius 3 is 2.38 bits per heavy atom. The molecule has 0 aliphatic carbocycles. The van der Waals surface area contributed by atoms with Crippen molar-refractivity contribution in [3.63, 3.8) is 0 Å². The van der Waals surface area contributed by atoms with Crippen molar-refractivity contribution in [1.29, 1.82) is 0 Å². The standard InChI is InChI=1S/C18H20Cl2N2O3S/c1-21-18(23)14-5-3-13(4-6-14)12-22(2)9-10-26(24,25)17-11-15(19)7-8-16(17)20/h3-8,11H,9-10,12H2,1-2H3,(H,21,23)/p+1. The number of sulfone groups is 1. The monoisotopic (exact) mass is 415 g/mol. The predicted molar refractivity (Wildman–Crippen MR) is 104 cm³/mol. The quantitative estimate of drug-likeness (QED) is 0.724. The van der Waals surface area contributed by atoms with Gasteiger partial charge in [0.15, 0.2) is 9.84 Å². The maximum atomic E-state index is 12.5. The van der Waals surface area contributed by atoms with Crippen LogP contribution in [-0.4, -0.2) is 40.7 Å². The highest BCUT2D eigenvalue weighted by atomic mass is 35.5. The first-order valence-electron chi connectivity index (χ1n) is 8.03. The summed E-state index contributed by atoms with van der Waals surface area (Å²) in [5.41, 5.74) is 1.61. The van der Waals surface area contributed by atoms with Crippen LogP contribution in [0.25, 0.3) is 0 Å². The number of quaternary nitrogens is 1. The Kier molecular flexibility index (Phi) is 7.06. The molecule has 0 saturated carbocycles. The maximum Gasteiger partial charge on any atom is 0.251 e. The van der Waals surface area contributed by atoms with Gasteiger partial charge >= 0.3 is 0 Å². The lowest BCUT2D eigenvalue weighted by atomic mass is 10.1. The fraction of sp³-hybridized carbons (Fsp3) is 0.278. The molecule has 140 valence electrons. The van der Waals surface area contributed by atoms with Crippen molar-refractivity contribution in [3.05, 3.63) is 63.6 Å². The van der Waals surface area contributed by atoms with Crippen molar-refractivity contribution in [2.45, 2.75) is 11.4 Å². The average Bonchev–Trinajstić information content (AvgIpc) is 2.62. The fourth-order valence-corrected chi connectivity index (χ4v) is 4.71. The van der Waals surface area contributed by atoms with Gasteiger partial charge in [-0.1, -0.05) is 35.3 Å². The number of amides is 1. The molecule has 0 radical (unpaired) electrons. The summed E-state index contributed by atoms with van der Waals surface area (Å²) in [6.07, 6.45) is 0. The summed E-state index contributed by atoms with van der Waals surface area (Å²) < 4.78 is 25.0. The molecular formula is C18H21Cl2N2O3S+. The molecule has 5 nitrogen and oxygen atoms in total. The van der Waals surface area contributed by atoms with Gasteiger partial charge in [-0.3, -0.25) is 4.79 Å². The Bertz CT molecular complexity index is 884. The maximum absolute atomic E-state index is 12.5. The van der Waals surface area contributed by atoms with Crippen LogP contribution in [-0.2, 0) is 16.4 Å². The van der Waals surface area contributed by atoms with Gasteiger partial charge in [0.2, 0.25) is 0 Å². The van der Waals surface area contributed by atoms with Crippen LogP contribution in [0.15, 0.2) is 47.4 Å². The van der Waals surface area contributed by atoms with E-state index < -0.39 is 9.84 Å². The van der Waals surface area contributed by atoms with E-state index >= 15 is 0 Å². The predicted octanol–water partition coefficient (Wildman–Crippen LogP) is 1.84. The van der Waals surface area contributed by atoms with Gasteiger partial charge in [-0.2, -0.15) is 0 Å². The number of hydrogen-bond acceptors (Lipinski definition) is 3. The molecule has 0 heterocycles. The van der Waals surface area contributed by atoms with E-state index in [1.807, 2.05) is 19.2 Å². The highest BCUT2D eigenvalue weighted by molar-refractivity contribution is 7.91.